The van der Waals surface area contributed by atoms with E-state index < -0.39 is 0 Å². The number of halogens is 1. The maximum absolute atomic E-state index is 5.83. The Morgan fingerprint density at radius 3 is 2.32 bits per heavy atom. The lowest BCUT2D eigenvalue weighted by atomic mass is 10.2. The van der Waals surface area contributed by atoms with Crippen molar-refractivity contribution in [3.63, 3.8) is 0 Å². The summed E-state index contributed by atoms with van der Waals surface area (Å²) in [5, 5.41) is 0.758. The molecule has 1 fully saturated rings. The minimum atomic E-state index is 0.758. The van der Waals surface area contributed by atoms with Crippen LogP contribution in [0.2, 0.25) is 5.02 Å². The van der Waals surface area contributed by atoms with Gasteiger partial charge in [0.25, 0.3) is 0 Å². The summed E-state index contributed by atoms with van der Waals surface area (Å²) in [4.78, 5) is 2.61. The van der Waals surface area contributed by atoms with Crippen LogP contribution in [-0.2, 0) is 0 Å². The van der Waals surface area contributed by atoms with Crippen LogP contribution in [0.25, 0.3) is 0 Å². The second kappa shape index (κ2) is 8.44. The van der Waals surface area contributed by atoms with Crippen LogP contribution in [0.15, 0.2) is 24.3 Å². The van der Waals surface area contributed by atoms with Gasteiger partial charge in [-0.1, -0.05) is 24.4 Å². The number of hydrogen-bond acceptors (Lipinski definition) is 2. The molecule has 0 spiro atoms. The van der Waals surface area contributed by atoms with Crippen molar-refractivity contribution < 1.29 is 4.74 Å². The summed E-state index contributed by atoms with van der Waals surface area (Å²) in [5.41, 5.74) is 0. The van der Waals surface area contributed by atoms with Gasteiger partial charge in [0.05, 0.1) is 6.61 Å². The normalized spacial score (nSPS) is 17.1. The standard InChI is InChI=1S/C16H24ClNO/c17-15-7-9-16(10-8-15)19-14-6-5-13-18-11-3-1-2-4-12-18/h7-10H,1-6,11-14H2. The van der Waals surface area contributed by atoms with E-state index in [0.717, 1.165) is 23.8 Å². The fourth-order valence-corrected chi connectivity index (χ4v) is 2.64. The third-order valence-corrected chi connectivity index (χ3v) is 3.90. The van der Waals surface area contributed by atoms with E-state index in [-0.39, 0.29) is 0 Å². The minimum Gasteiger partial charge on any atom is -0.494 e. The molecule has 2 nitrogen and oxygen atoms in total. The van der Waals surface area contributed by atoms with Crippen LogP contribution in [0, 0.1) is 0 Å². The molecule has 0 saturated carbocycles. The number of rotatable bonds is 6. The summed E-state index contributed by atoms with van der Waals surface area (Å²) >= 11 is 5.83. The molecular weight excluding hydrogens is 258 g/mol. The second-order valence-electron chi connectivity index (χ2n) is 5.27. The third-order valence-electron chi connectivity index (χ3n) is 3.65. The molecule has 0 bridgehead atoms. The van der Waals surface area contributed by atoms with Gasteiger partial charge in [-0.3, -0.25) is 0 Å². The Kier molecular flexibility index (Phi) is 6.52. The van der Waals surface area contributed by atoms with Gasteiger partial charge in [-0.05, 0) is 69.6 Å². The first-order valence-electron chi connectivity index (χ1n) is 7.45. The Morgan fingerprint density at radius 2 is 1.63 bits per heavy atom. The fourth-order valence-electron chi connectivity index (χ4n) is 2.52. The van der Waals surface area contributed by atoms with Gasteiger partial charge in [0.1, 0.15) is 5.75 Å². The van der Waals surface area contributed by atoms with Crippen LogP contribution < -0.4 is 4.74 Å². The Morgan fingerprint density at radius 1 is 0.947 bits per heavy atom. The van der Waals surface area contributed by atoms with Crippen molar-refractivity contribution in [2.24, 2.45) is 0 Å². The van der Waals surface area contributed by atoms with Crippen molar-refractivity contribution in [1.82, 2.24) is 4.90 Å². The van der Waals surface area contributed by atoms with E-state index in [1.807, 2.05) is 24.3 Å². The van der Waals surface area contributed by atoms with Gasteiger partial charge < -0.3 is 9.64 Å². The van der Waals surface area contributed by atoms with Crippen LogP contribution >= 0.6 is 11.6 Å². The Labute approximate surface area is 121 Å². The molecule has 1 aromatic carbocycles. The molecule has 1 aliphatic rings. The zero-order valence-electron chi connectivity index (χ0n) is 11.6. The Bertz CT molecular complexity index is 344. The summed E-state index contributed by atoms with van der Waals surface area (Å²) in [6.07, 6.45) is 7.93. The van der Waals surface area contributed by atoms with Gasteiger partial charge in [-0.15, -0.1) is 0 Å². The number of benzene rings is 1. The van der Waals surface area contributed by atoms with Crippen molar-refractivity contribution in [2.75, 3.05) is 26.2 Å². The van der Waals surface area contributed by atoms with Gasteiger partial charge in [-0.25, -0.2) is 0 Å². The number of unbranched alkanes of at least 4 members (excludes halogenated alkanes) is 1. The highest BCUT2D eigenvalue weighted by Gasteiger charge is 2.07. The van der Waals surface area contributed by atoms with Crippen LogP contribution in [0.5, 0.6) is 5.75 Å². The van der Waals surface area contributed by atoms with Crippen LogP contribution in [-0.4, -0.2) is 31.1 Å². The summed E-state index contributed by atoms with van der Waals surface area (Å²) in [6, 6.07) is 7.59. The average Bonchev–Trinajstić information content (AvgIpc) is 2.69. The number of likely N-dealkylation sites (tertiary alicyclic amines) is 1. The van der Waals surface area contributed by atoms with Crippen molar-refractivity contribution in [3.8, 4) is 5.75 Å². The van der Waals surface area contributed by atoms with Crippen molar-refractivity contribution in [3.05, 3.63) is 29.3 Å². The Hall–Kier alpha value is -0.730. The number of nitrogens with zero attached hydrogens (tertiary/aromatic N) is 1. The largest absolute Gasteiger partial charge is 0.494 e. The van der Waals surface area contributed by atoms with Gasteiger partial charge in [0.15, 0.2) is 0 Å². The Balaban J connectivity index is 1.55. The van der Waals surface area contributed by atoms with Crippen molar-refractivity contribution in [1.29, 1.82) is 0 Å². The molecule has 1 aliphatic heterocycles. The minimum absolute atomic E-state index is 0.758. The molecule has 0 amide bonds. The van der Waals surface area contributed by atoms with Gasteiger partial charge in [0, 0.05) is 5.02 Å². The molecule has 0 unspecified atom stereocenters. The molecule has 1 aromatic rings. The summed E-state index contributed by atoms with van der Waals surface area (Å²) in [7, 11) is 0. The molecule has 1 heterocycles. The van der Waals surface area contributed by atoms with E-state index in [4.69, 9.17) is 16.3 Å². The lowest BCUT2D eigenvalue weighted by Gasteiger charge is -2.19. The van der Waals surface area contributed by atoms with E-state index in [1.54, 1.807) is 0 Å². The maximum Gasteiger partial charge on any atom is 0.119 e. The van der Waals surface area contributed by atoms with Gasteiger partial charge in [0.2, 0.25) is 0 Å². The molecule has 2 rings (SSSR count). The smallest absolute Gasteiger partial charge is 0.119 e. The number of hydrogen-bond donors (Lipinski definition) is 0. The van der Waals surface area contributed by atoms with E-state index in [0.29, 0.717) is 0 Å². The lowest BCUT2D eigenvalue weighted by Crippen LogP contribution is -2.25. The molecule has 0 atom stereocenters. The van der Waals surface area contributed by atoms with E-state index >= 15 is 0 Å². The molecule has 0 aliphatic carbocycles. The quantitative estimate of drug-likeness (QED) is 0.718. The molecule has 0 radical (unpaired) electrons. The lowest BCUT2D eigenvalue weighted by molar-refractivity contribution is 0.256. The molecule has 0 aromatic heterocycles. The highest BCUT2D eigenvalue weighted by atomic mass is 35.5. The highest BCUT2D eigenvalue weighted by Crippen LogP contribution is 2.16. The zero-order valence-corrected chi connectivity index (χ0v) is 12.4. The molecule has 1 saturated heterocycles. The van der Waals surface area contributed by atoms with E-state index in [9.17, 15) is 0 Å². The van der Waals surface area contributed by atoms with E-state index in [1.165, 1.54) is 51.7 Å². The fraction of sp³-hybridized carbons (Fsp3) is 0.625. The summed E-state index contributed by atoms with van der Waals surface area (Å²) in [6.45, 7) is 4.61. The molecular formula is C16H24ClNO. The van der Waals surface area contributed by atoms with Gasteiger partial charge in [-0.2, -0.15) is 0 Å². The first-order chi connectivity index (χ1) is 9.34. The van der Waals surface area contributed by atoms with Crippen LogP contribution in [0.3, 0.4) is 0 Å². The van der Waals surface area contributed by atoms with Gasteiger partial charge >= 0.3 is 0 Å². The first-order valence-corrected chi connectivity index (χ1v) is 7.83. The topological polar surface area (TPSA) is 12.5 Å². The molecule has 0 N–H and O–H groups in total. The number of ether oxygens (including phenoxy) is 1. The van der Waals surface area contributed by atoms with Crippen molar-refractivity contribution in [2.45, 2.75) is 38.5 Å². The summed E-state index contributed by atoms with van der Waals surface area (Å²) in [5.74, 6) is 0.916. The average molecular weight is 282 g/mol. The molecule has 3 heteroatoms. The molecule has 106 valence electrons. The van der Waals surface area contributed by atoms with Crippen LogP contribution in [0.1, 0.15) is 38.5 Å². The third kappa shape index (κ3) is 5.84. The van der Waals surface area contributed by atoms with Crippen LogP contribution in [0.4, 0.5) is 0 Å². The monoisotopic (exact) mass is 281 g/mol. The van der Waals surface area contributed by atoms with E-state index in [2.05, 4.69) is 4.90 Å². The maximum atomic E-state index is 5.83. The highest BCUT2D eigenvalue weighted by molar-refractivity contribution is 6.30. The van der Waals surface area contributed by atoms with Crippen molar-refractivity contribution >= 4 is 11.6 Å². The summed E-state index contributed by atoms with van der Waals surface area (Å²) < 4.78 is 5.70. The zero-order chi connectivity index (χ0) is 13.3. The predicted octanol–water partition coefficient (Wildman–Crippen LogP) is 4.38. The molecule has 19 heavy (non-hydrogen) atoms. The first kappa shape index (κ1) is 14.7. The SMILES string of the molecule is Clc1ccc(OCCCCN2CCCCCC2)cc1. The predicted molar refractivity (Wildman–Crippen MR) is 81.1 cm³/mol. The second-order valence-corrected chi connectivity index (χ2v) is 5.70.